The Morgan fingerprint density at radius 2 is 1.83 bits per heavy atom. The van der Waals surface area contributed by atoms with E-state index in [1.807, 2.05) is 26.0 Å². The smallest absolute Gasteiger partial charge is 0.324 e. The van der Waals surface area contributed by atoms with Crippen molar-refractivity contribution in [3.8, 4) is 17.0 Å². The molecule has 3 heterocycles. The summed E-state index contributed by atoms with van der Waals surface area (Å²) in [6.07, 6.45) is 0.689. The van der Waals surface area contributed by atoms with Crippen molar-refractivity contribution in [1.82, 2.24) is 20.3 Å². The van der Waals surface area contributed by atoms with Crippen molar-refractivity contribution in [3.63, 3.8) is 0 Å². The predicted molar refractivity (Wildman–Crippen MR) is 154 cm³/mol. The number of aromatic amines is 1. The van der Waals surface area contributed by atoms with Gasteiger partial charge in [0, 0.05) is 55.0 Å². The number of morpholine rings is 1. The van der Waals surface area contributed by atoms with E-state index in [9.17, 15) is 9.59 Å². The molecule has 5 rings (SSSR count). The maximum atomic E-state index is 12.8. The van der Waals surface area contributed by atoms with E-state index in [0.29, 0.717) is 53.1 Å². The van der Waals surface area contributed by atoms with Gasteiger partial charge in [-0.2, -0.15) is 5.10 Å². The molecule has 12 nitrogen and oxygen atoms in total. The Hall–Kier alpha value is -4.68. The van der Waals surface area contributed by atoms with Crippen LogP contribution < -0.4 is 20.7 Å². The summed E-state index contributed by atoms with van der Waals surface area (Å²) < 4.78 is 16.3. The highest BCUT2D eigenvalue weighted by Crippen LogP contribution is 2.25. The topological polar surface area (TPSA) is 147 Å². The lowest BCUT2D eigenvalue weighted by molar-refractivity contribution is 0.0322. The van der Waals surface area contributed by atoms with Gasteiger partial charge in [0.25, 0.3) is 5.91 Å². The van der Waals surface area contributed by atoms with Crippen molar-refractivity contribution in [2.45, 2.75) is 20.3 Å². The fourth-order valence-electron chi connectivity index (χ4n) is 4.32. The second-order valence-electron chi connectivity index (χ2n) is 9.59. The number of nitrogens with one attached hydrogen (secondary N) is 4. The summed E-state index contributed by atoms with van der Waals surface area (Å²) in [7, 11) is 0. The Balaban J connectivity index is 1.12. The number of aryl methyl sites for hydroxylation is 2. The van der Waals surface area contributed by atoms with Crippen LogP contribution in [0.4, 0.5) is 22.1 Å². The quantitative estimate of drug-likeness (QED) is 0.221. The van der Waals surface area contributed by atoms with Crippen molar-refractivity contribution < 1.29 is 23.6 Å². The van der Waals surface area contributed by atoms with Crippen LogP contribution in [0.3, 0.4) is 0 Å². The number of hydrogen-bond donors (Lipinski definition) is 4. The first-order valence-corrected chi connectivity index (χ1v) is 13.5. The maximum Gasteiger partial charge on any atom is 0.324 e. The van der Waals surface area contributed by atoms with Crippen LogP contribution in [-0.4, -0.2) is 71.6 Å². The van der Waals surface area contributed by atoms with Gasteiger partial charge in [-0.1, -0.05) is 18.1 Å². The van der Waals surface area contributed by atoms with Crippen molar-refractivity contribution in [3.05, 3.63) is 71.5 Å². The third-order valence-corrected chi connectivity index (χ3v) is 6.64. The van der Waals surface area contributed by atoms with E-state index in [4.69, 9.17) is 14.0 Å². The lowest BCUT2D eigenvalue weighted by atomic mass is 10.1. The van der Waals surface area contributed by atoms with E-state index in [-0.39, 0.29) is 5.91 Å². The summed E-state index contributed by atoms with van der Waals surface area (Å²) in [6, 6.07) is 15.6. The normalized spacial score (nSPS) is 13.5. The van der Waals surface area contributed by atoms with Gasteiger partial charge >= 0.3 is 6.03 Å². The molecule has 2 aromatic heterocycles. The summed E-state index contributed by atoms with van der Waals surface area (Å²) >= 11 is 0. The van der Waals surface area contributed by atoms with Gasteiger partial charge in [-0.25, -0.2) is 4.79 Å². The number of anilines is 3. The standard InChI is InChI=1S/C29H33N7O5/c1-3-22-17-27(35-41-22)32-29(38)30-24-9-6-21(16-19(24)2)25-18-26(34-33-25)31-28(37)20-4-7-23(8-5-20)40-15-12-36-10-13-39-14-11-36/h4-9,16-18H,3,10-15H2,1-2H3,(H2,30,32,35,38)(H2,31,33,34,37). The molecule has 41 heavy (non-hydrogen) atoms. The number of carbonyl (C=O) groups is 2. The Labute approximate surface area is 237 Å². The first kappa shape index (κ1) is 27.9. The van der Waals surface area contributed by atoms with Gasteiger partial charge in [0.2, 0.25) is 0 Å². The largest absolute Gasteiger partial charge is 0.492 e. The van der Waals surface area contributed by atoms with E-state index in [2.05, 4.69) is 36.2 Å². The molecular weight excluding hydrogens is 526 g/mol. The minimum atomic E-state index is -0.422. The minimum absolute atomic E-state index is 0.264. The third kappa shape index (κ3) is 7.50. The second kappa shape index (κ2) is 13.1. The molecule has 0 radical (unpaired) electrons. The van der Waals surface area contributed by atoms with Gasteiger partial charge < -0.3 is 24.6 Å². The number of aromatic nitrogens is 3. The average Bonchev–Trinajstić information content (AvgIpc) is 3.64. The first-order valence-electron chi connectivity index (χ1n) is 13.5. The molecule has 0 saturated carbocycles. The lowest BCUT2D eigenvalue weighted by Gasteiger charge is -2.26. The molecule has 0 bridgehead atoms. The molecule has 4 N–H and O–H groups in total. The average molecular weight is 560 g/mol. The van der Waals surface area contributed by atoms with E-state index in [1.165, 1.54) is 0 Å². The van der Waals surface area contributed by atoms with Gasteiger partial charge in [-0.05, 0) is 48.9 Å². The summed E-state index contributed by atoms with van der Waals surface area (Å²) in [6.45, 7) is 8.60. The van der Waals surface area contributed by atoms with Crippen molar-refractivity contribution in [2.75, 3.05) is 55.4 Å². The monoisotopic (exact) mass is 559 g/mol. The van der Waals surface area contributed by atoms with Gasteiger partial charge in [-0.15, -0.1) is 0 Å². The zero-order chi connectivity index (χ0) is 28.6. The maximum absolute atomic E-state index is 12.8. The molecule has 0 unspecified atom stereocenters. The minimum Gasteiger partial charge on any atom is -0.492 e. The number of ether oxygens (including phenoxy) is 2. The molecule has 1 fully saturated rings. The number of nitrogens with zero attached hydrogens (tertiary/aromatic N) is 3. The molecule has 4 aromatic rings. The highest BCUT2D eigenvalue weighted by Gasteiger charge is 2.13. The molecule has 1 saturated heterocycles. The molecule has 214 valence electrons. The summed E-state index contributed by atoms with van der Waals surface area (Å²) in [5.41, 5.74) is 3.46. The number of benzene rings is 2. The van der Waals surface area contributed by atoms with E-state index < -0.39 is 6.03 Å². The van der Waals surface area contributed by atoms with Crippen LogP contribution in [-0.2, 0) is 11.2 Å². The zero-order valence-electron chi connectivity index (χ0n) is 23.0. The van der Waals surface area contributed by atoms with E-state index >= 15 is 0 Å². The number of urea groups is 1. The molecular formula is C29H33N7O5. The van der Waals surface area contributed by atoms with Gasteiger partial charge in [0.05, 0.1) is 18.9 Å². The van der Waals surface area contributed by atoms with Crippen molar-refractivity contribution in [2.24, 2.45) is 0 Å². The molecule has 1 aliphatic rings. The van der Waals surface area contributed by atoms with Crippen LogP contribution in [0.15, 0.2) is 59.1 Å². The van der Waals surface area contributed by atoms with E-state index in [0.717, 1.165) is 44.0 Å². The van der Waals surface area contributed by atoms with Crippen LogP contribution >= 0.6 is 0 Å². The number of carbonyl (C=O) groups excluding carboxylic acids is 2. The molecule has 2 aromatic carbocycles. The molecule has 0 aliphatic carbocycles. The Kier molecular flexibility index (Phi) is 8.92. The molecule has 12 heteroatoms. The SMILES string of the molecule is CCc1cc(NC(=O)Nc2ccc(-c3cc(NC(=O)c4ccc(OCCN5CCOCC5)cc4)[nH]n3)cc2C)no1. The summed E-state index contributed by atoms with van der Waals surface area (Å²) in [4.78, 5) is 27.4. The molecule has 0 spiro atoms. The highest BCUT2D eigenvalue weighted by molar-refractivity contribution is 6.04. The lowest BCUT2D eigenvalue weighted by Crippen LogP contribution is -2.38. The second-order valence-corrected chi connectivity index (χ2v) is 9.59. The Morgan fingerprint density at radius 3 is 2.56 bits per heavy atom. The number of rotatable bonds is 10. The van der Waals surface area contributed by atoms with Crippen molar-refractivity contribution in [1.29, 1.82) is 0 Å². The van der Waals surface area contributed by atoms with Crippen molar-refractivity contribution >= 4 is 29.3 Å². The first-order chi connectivity index (χ1) is 20.0. The number of H-pyrrole nitrogens is 1. The van der Waals surface area contributed by atoms with Crippen LogP contribution in [0, 0.1) is 6.92 Å². The summed E-state index contributed by atoms with van der Waals surface area (Å²) in [5.74, 6) is 1.96. The predicted octanol–water partition coefficient (Wildman–Crippen LogP) is 4.54. The highest BCUT2D eigenvalue weighted by atomic mass is 16.5. The van der Waals surface area contributed by atoms with Gasteiger partial charge in [-0.3, -0.25) is 20.1 Å². The molecule has 1 aliphatic heterocycles. The Morgan fingerprint density at radius 1 is 1.02 bits per heavy atom. The molecule has 0 atom stereocenters. The fourth-order valence-corrected chi connectivity index (χ4v) is 4.32. The Bertz CT molecular complexity index is 1470. The van der Waals surface area contributed by atoms with E-state index in [1.54, 1.807) is 42.5 Å². The van der Waals surface area contributed by atoms with Crippen LogP contribution in [0.1, 0.15) is 28.6 Å². The fraction of sp³-hybridized carbons (Fsp3) is 0.310. The number of amides is 3. The van der Waals surface area contributed by atoms with Crippen LogP contribution in [0.25, 0.3) is 11.3 Å². The third-order valence-electron chi connectivity index (χ3n) is 6.64. The number of hydrogen-bond acceptors (Lipinski definition) is 8. The van der Waals surface area contributed by atoms with Crippen LogP contribution in [0.5, 0.6) is 5.75 Å². The summed E-state index contributed by atoms with van der Waals surface area (Å²) in [5, 5.41) is 19.3. The molecule has 3 amide bonds. The zero-order valence-corrected chi connectivity index (χ0v) is 23.0. The van der Waals surface area contributed by atoms with Gasteiger partial charge in [0.15, 0.2) is 5.82 Å². The van der Waals surface area contributed by atoms with Crippen LogP contribution in [0.2, 0.25) is 0 Å². The van der Waals surface area contributed by atoms with Gasteiger partial charge in [0.1, 0.15) is 23.9 Å².